The van der Waals surface area contributed by atoms with Gasteiger partial charge in [-0.3, -0.25) is 0 Å². The molecule has 1 atom stereocenters. The molecule has 1 aromatic rings. The molecule has 0 saturated carbocycles. The zero-order chi connectivity index (χ0) is 12.3. The second kappa shape index (κ2) is 5.20. The van der Waals surface area contributed by atoms with Gasteiger partial charge in [0.25, 0.3) is 0 Å². The average molecular weight is 237 g/mol. The molecular weight excluding hydrogens is 218 g/mol. The number of nitrogens with one attached hydrogen (secondary N) is 1. The predicted molar refractivity (Wildman–Crippen MR) is 69.0 cm³/mol. The van der Waals surface area contributed by atoms with E-state index in [1.54, 1.807) is 0 Å². The van der Waals surface area contributed by atoms with Crippen LogP contribution in [0.2, 0.25) is 0 Å². The molecule has 2 rings (SSSR count). The molecule has 1 aliphatic heterocycles. The largest absolute Gasteiger partial charge is 0.396 e. The third-order valence-electron chi connectivity index (χ3n) is 2.84. The van der Waals surface area contributed by atoms with E-state index in [4.69, 9.17) is 11.5 Å². The maximum Gasteiger partial charge on any atom is 0.151 e. The molecule has 6 N–H and O–H groups in total. The van der Waals surface area contributed by atoms with E-state index in [2.05, 4.69) is 15.2 Å². The Morgan fingerprint density at radius 2 is 2.35 bits per heavy atom. The third-order valence-corrected chi connectivity index (χ3v) is 2.84. The summed E-state index contributed by atoms with van der Waals surface area (Å²) in [5.41, 5.74) is 11.9. The van der Waals surface area contributed by atoms with Crippen LogP contribution in [0.5, 0.6) is 0 Å². The molecule has 6 heteroatoms. The van der Waals surface area contributed by atoms with E-state index in [0.717, 1.165) is 18.8 Å². The first-order chi connectivity index (χ1) is 8.20. The lowest BCUT2D eigenvalue weighted by atomic mass is 10.3. The summed E-state index contributed by atoms with van der Waals surface area (Å²) in [6.07, 6.45) is 0.534. The number of anilines is 3. The van der Waals surface area contributed by atoms with E-state index in [1.165, 1.54) is 0 Å². The number of rotatable bonds is 4. The number of hydrogen-bond acceptors (Lipinski definition) is 6. The van der Waals surface area contributed by atoms with Gasteiger partial charge in [-0.25, -0.2) is 4.98 Å². The van der Waals surface area contributed by atoms with E-state index in [1.807, 2.05) is 12.1 Å². The highest BCUT2D eigenvalue weighted by atomic mass is 16.3. The number of pyridine rings is 1. The molecule has 1 unspecified atom stereocenters. The normalized spacial score (nSPS) is 19.6. The average Bonchev–Trinajstić information content (AvgIpc) is 2.75. The molecule has 0 aliphatic carbocycles. The van der Waals surface area contributed by atoms with Crippen LogP contribution in [0, 0.1) is 0 Å². The van der Waals surface area contributed by atoms with Crippen LogP contribution in [0.15, 0.2) is 12.1 Å². The van der Waals surface area contributed by atoms with E-state index >= 15 is 0 Å². The van der Waals surface area contributed by atoms with Crippen molar-refractivity contribution in [2.75, 3.05) is 42.1 Å². The van der Waals surface area contributed by atoms with Gasteiger partial charge in [0.2, 0.25) is 0 Å². The van der Waals surface area contributed by atoms with Crippen molar-refractivity contribution >= 4 is 17.3 Å². The van der Waals surface area contributed by atoms with Crippen LogP contribution >= 0.6 is 0 Å². The Kier molecular flexibility index (Phi) is 3.65. The Hall–Kier alpha value is -1.53. The van der Waals surface area contributed by atoms with Gasteiger partial charge in [0, 0.05) is 26.2 Å². The highest BCUT2D eigenvalue weighted by Crippen LogP contribution is 2.23. The van der Waals surface area contributed by atoms with Gasteiger partial charge in [-0.1, -0.05) is 0 Å². The monoisotopic (exact) mass is 237 g/mol. The first-order valence-electron chi connectivity index (χ1n) is 5.84. The number of nitrogens with two attached hydrogens (primary N) is 2. The summed E-state index contributed by atoms with van der Waals surface area (Å²) < 4.78 is 0. The van der Waals surface area contributed by atoms with Crippen molar-refractivity contribution in [2.45, 2.75) is 12.5 Å². The summed E-state index contributed by atoms with van der Waals surface area (Å²) in [5.74, 6) is 1.50. The lowest BCUT2D eigenvalue weighted by Crippen LogP contribution is -2.23. The third kappa shape index (κ3) is 2.78. The van der Waals surface area contributed by atoms with Crippen LogP contribution in [0.1, 0.15) is 6.42 Å². The molecule has 2 heterocycles. The van der Waals surface area contributed by atoms with Crippen molar-refractivity contribution in [2.24, 2.45) is 5.73 Å². The summed E-state index contributed by atoms with van der Waals surface area (Å²) in [6.45, 7) is 2.64. The second-order valence-corrected chi connectivity index (χ2v) is 4.21. The molecule has 0 radical (unpaired) electrons. The Morgan fingerprint density at radius 1 is 1.53 bits per heavy atom. The topological polar surface area (TPSA) is 100 Å². The number of aliphatic hydroxyl groups excluding tert-OH is 1. The maximum atomic E-state index is 9.50. The number of aromatic nitrogens is 1. The van der Waals surface area contributed by atoms with Crippen LogP contribution in [-0.2, 0) is 0 Å². The van der Waals surface area contributed by atoms with Crippen LogP contribution in [0.3, 0.4) is 0 Å². The minimum absolute atomic E-state index is 0.255. The van der Waals surface area contributed by atoms with Gasteiger partial charge >= 0.3 is 0 Å². The van der Waals surface area contributed by atoms with E-state index < -0.39 is 0 Å². The number of β-amino-alcohol motifs (C(OH)–C–C–N with tert-alkyl or cyclic N) is 1. The molecule has 0 bridgehead atoms. The van der Waals surface area contributed by atoms with Crippen LogP contribution in [0.4, 0.5) is 17.3 Å². The fourth-order valence-corrected chi connectivity index (χ4v) is 1.92. The summed E-state index contributed by atoms with van der Waals surface area (Å²) in [5, 5.41) is 12.6. The summed E-state index contributed by atoms with van der Waals surface area (Å²) in [4.78, 5) is 6.50. The first kappa shape index (κ1) is 11.9. The molecule has 1 saturated heterocycles. The maximum absolute atomic E-state index is 9.50. The molecule has 1 fully saturated rings. The molecule has 17 heavy (non-hydrogen) atoms. The van der Waals surface area contributed by atoms with E-state index in [-0.39, 0.29) is 6.10 Å². The van der Waals surface area contributed by atoms with Crippen molar-refractivity contribution in [3.8, 4) is 0 Å². The standard InChI is InChI=1S/C11H19N5O/c12-4-5-14-11-9(13)1-2-10(15-11)16-6-3-8(17)7-16/h1-2,8,17H,3-7,12-13H2,(H,14,15). The minimum Gasteiger partial charge on any atom is -0.396 e. The van der Waals surface area contributed by atoms with Crippen molar-refractivity contribution in [1.82, 2.24) is 4.98 Å². The summed E-state index contributed by atoms with van der Waals surface area (Å²) >= 11 is 0. The van der Waals surface area contributed by atoms with Gasteiger partial charge in [-0.05, 0) is 18.6 Å². The first-order valence-corrected chi connectivity index (χ1v) is 5.84. The summed E-state index contributed by atoms with van der Waals surface area (Å²) in [6, 6.07) is 3.70. The fraction of sp³-hybridized carbons (Fsp3) is 0.545. The van der Waals surface area contributed by atoms with E-state index in [9.17, 15) is 5.11 Å². The Bertz CT molecular complexity index is 384. The SMILES string of the molecule is NCCNc1nc(N2CCC(O)C2)ccc1N. The highest BCUT2D eigenvalue weighted by Gasteiger charge is 2.21. The fourth-order valence-electron chi connectivity index (χ4n) is 1.92. The van der Waals surface area contributed by atoms with Crippen molar-refractivity contribution < 1.29 is 5.11 Å². The van der Waals surface area contributed by atoms with Crippen LogP contribution < -0.4 is 21.7 Å². The lowest BCUT2D eigenvalue weighted by Gasteiger charge is -2.18. The Morgan fingerprint density at radius 3 is 3.00 bits per heavy atom. The number of nitrogen functional groups attached to an aromatic ring is 1. The molecule has 1 aliphatic rings. The smallest absolute Gasteiger partial charge is 0.151 e. The van der Waals surface area contributed by atoms with Gasteiger partial charge in [0.05, 0.1) is 11.8 Å². The van der Waals surface area contributed by atoms with Crippen LogP contribution in [0.25, 0.3) is 0 Å². The number of hydrogen-bond donors (Lipinski definition) is 4. The zero-order valence-corrected chi connectivity index (χ0v) is 9.76. The molecule has 0 spiro atoms. The molecule has 0 aromatic carbocycles. The Labute approximate surface area is 101 Å². The van der Waals surface area contributed by atoms with Gasteiger partial charge < -0.3 is 26.8 Å². The summed E-state index contributed by atoms with van der Waals surface area (Å²) in [7, 11) is 0. The van der Waals surface area contributed by atoms with Crippen molar-refractivity contribution in [3.05, 3.63) is 12.1 Å². The van der Waals surface area contributed by atoms with Crippen molar-refractivity contribution in [3.63, 3.8) is 0 Å². The van der Waals surface area contributed by atoms with Gasteiger partial charge in [0.1, 0.15) is 5.82 Å². The van der Waals surface area contributed by atoms with E-state index in [0.29, 0.717) is 31.1 Å². The van der Waals surface area contributed by atoms with Crippen LogP contribution in [-0.4, -0.2) is 42.4 Å². The van der Waals surface area contributed by atoms with Gasteiger partial charge in [0.15, 0.2) is 5.82 Å². The predicted octanol–water partition coefficient (Wildman–Crippen LogP) is -0.395. The second-order valence-electron chi connectivity index (χ2n) is 4.21. The number of aliphatic hydroxyl groups is 1. The molecule has 1 aromatic heterocycles. The molecule has 6 nitrogen and oxygen atoms in total. The Balaban J connectivity index is 2.12. The van der Waals surface area contributed by atoms with Gasteiger partial charge in [-0.2, -0.15) is 0 Å². The van der Waals surface area contributed by atoms with Gasteiger partial charge in [-0.15, -0.1) is 0 Å². The van der Waals surface area contributed by atoms with Crippen molar-refractivity contribution in [1.29, 1.82) is 0 Å². The minimum atomic E-state index is -0.255. The quantitative estimate of drug-likeness (QED) is 0.569. The zero-order valence-electron chi connectivity index (χ0n) is 9.76. The highest BCUT2D eigenvalue weighted by molar-refractivity contribution is 5.65. The molecule has 0 amide bonds. The number of nitrogens with zero attached hydrogens (tertiary/aromatic N) is 2. The molecular formula is C11H19N5O. The molecule has 94 valence electrons. The lowest BCUT2D eigenvalue weighted by molar-refractivity contribution is 0.198.